The van der Waals surface area contributed by atoms with Gasteiger partial charge >= 0.3 is 6.03 Å². The van der Waals surface area contributed by atoms with E-state index in [4.69, 9.17) is 9.47 Å². The Morgan fingerprint density at radius 1 is 1.06 bits per heavy atom. The molecule has 2 fully saturated rings. The molecule has 9 nitrogen and oxygen atoms in total. The molecule has 3 rings (SSSR count). The average Bonchev–Trinajstić information content (AvgIpc) is 2.82. The minimum Gasteiger partial charge on any atom is -0.494 e. The van der Waals surface area contributed by atoms with E-state index in [0.29, 0.717) is 37.9 Å². The molecule has 10 heteroatoms. The smallest absolute Gasteiger partial charge is 0.317 e. The molecule has 1 aromatic carbocycles. The Morgan fingerprint density at radius 2 is 1.70 bits per heavy atom. The van der Waals surface area contributed by atoms with Crippen molar-refractivity contribution in [1.29, 1.82) is 0 Å². The van der Waals surface area contributed by atoms with E-state index in [1.54, 1.807) is 29.2 Å². The number of benzene rings is 1. The fourth-order valence-electron chi connectivity index (χ4n) is 4.32. The van der Waals surface area contributed by atoms with Crippen LogP contribution in [-0.4, -0.2) is 100 Å². The quantitative estimate of drug-likeness (QED) is 0.578. The summed E-state index contributed by atoms with van der Waals surface area (Å²) < 4.78 is 38.3. The summed E-state index contributed by atoms with van der Waals surface area (Å²) in [6, 6.07) is 6.62. The molecule has 1 N–H and O–H groups in total. The van der Waals surface area contributed by atoms with Crippen molar-refractivity contribution < 1.29 is 22.7 Å². The van der Waals surface area contributed by atoms with Gasteiger partial charge in [-0.05, 0) is 43.5 Å². The van der Waals surface area contributed by atoms with Gasteiger partial charge in [-0.25, -0.2) is 13.2 Å². The molecule has 0 saturated carbocycles. The van der Waals surface area contributed by atoms with Crippen LogP contribution in [0, 0.1) is 5.92 Å². The second kappa shape index (κ2) is 12.0. The minimum atomic E-state index is -3.60. The third kappa shape index (κ3) is 7.05. The van der Waals surface area contributed by atoms with Crippen LogP contribution in [0.25, 0.3) is 0 Å². The van der Waals surface area contributed by atoms with Crippen LogP contribution in [-0.2, 0) is 14.8 Å². The van der Waals surface area contributed by atoms with Gasteiger partial charge in [-0.15, -0.1) is 0 Å². The van der Waals surface area contributed by atoms with Crippen LogP contribution in [0.1, 0.15) is 27.2 Å². The first-order valence-electron chi connectivity index (χ1n) is 11.9. The summed E-state index contributed by atoms with van der Waals surface area (Å²) in [5.41, 5.74) is 0. The lowest BCUT2D eigenvalue weighted by atomic mass is 10.0. The Labute approximate surface area is 198 Å². The van der Waals surface area contributed by atoms with Gasteiger partial charge in [0.05, 0.1) is 24.7 Å². The topological polar surface area (TPSA) is 91.4 Å². The van der Waals surface area contributed by atoms with E-state index in [0.717, 1.165) is 32.7 Å². The van der Waals surface area contributed by atoms with Gasteiger partial charge in [0, 0.05) is 51.9 Å². The Kier molecular flexibility index (Phi) is 9.37. The molecule has 0 radical (unpaired) electrons. The number of sulfonamides is 1. The molecule has 1 unspecified atom stereocenters. The second-order valence-corrected chi connectivity index (χ2v) is 10.9. The van der Waals surface area contributed by atoms with Crippen LogP contribution in [0.4, 0.5) is 4.79 Å². The fourth-order valence-corrected chi connectivity index (χ4v) is 5.74. The van der Waals surface area contributed by atoms with Crippen molar-refractivity contribution in [1.82, 2.24) is 19.4 Å². The zero-order valence-corrected chi connectivity index (χ0v) is 20.8. The highest BCUT2D eigenvalue weighted by Gasteiger charge is 2.31. The molecule has 1 atom stereocenters. The molecule has 186 valence electrons. The Morgan fingerprint density at radius 3 is 2.27 bits per heavy atom. The van der Waals surface area contributed by atoms with Crippen molar-refractivity contribution in [3.63, 3.8) is 0 Å². The number of nitrogens with zero attached hydrogens (tertiary/aromatic N) is 3. The summed E-state index contributed by atoms with van der Waals surface area (Å²) in [5, 5.41) is 3.08. The monoisotopic (exact) mass is 482 g/mol. The van der Waals surface area contributed by atoms with Gasteiger partial charge in [0.2, 0.25) is 10.0 Å². The summed E-state index contributed by atoms with van der Waals surface area (Å²) in [6.07, 6.45) is 1.01. The lowest BCUT2D eigenvalue weighted by molar-refractivity contribution is 0.0126. The van der Waals surface area contributed by atoms with Crippen molar-refractivity contribution in [3.05, 3.63) is 24.3 Å². The van der Waals surface area contributed by atoms with E-state index >= 15 is 0 Å². The van der Waals surface area contributed by atoms with Gasteiger partial charge in [0.15, 0.2) is 0 Å². The van der Waals surface area contributed by atoms with Crippen molar-refractivity contribution in [2.75, 3.05) is 65.6 Å². The first-order valence-corrected chi connectivity index (χ1v) is 13.3. The molecule has 0 aliphatic carbocycles. The molecule has 2 aliphatic rings. The van der Waals surface area contributed by atoms with Crippen LogP contribution in [0.5, 0.6) is 5.75 Å². The van der Waals surface area contributed by atoms with Gasteiger partial charge < -0.3 is 19.7 Å². The Balaban J connectivity index is 1.51. The molecule has 0 bridgehead atoms. The molecule has 0 spiro atoms. The van der Waals surface area contributed by atoms with Gasteiger partial charge in [0.25, 0.3) is 0 Å². The van der Waals surface area contributed by atoms with E-state index in [1.807, 2.05) is 6.92 Å². The van der Waals surface area contributed by atoms with Crippen LogP contribution in [0.2, 0.25) is 0 Å². The van der Waals surface area contributed by atoms with Crippen molar-refractivity contribution in [3.8, 4) is 5.75 Å². The number of carbonyl (C=O) groups excluding carboxylic acids is 1. The van der Waals surface area contributed by atoms with Crippen LogP contribution < -0.4 is 10.1 Å². The van der Waals surface area contributed by atoms with E-state index < -0.39 is 10.0 Å². The third-order valence-electron chi connectivity index (χ3n) is 6.09. The minimum absolute atomic E-state index is 0.130. The molecule has 2 saturated heterocycles. The largest absolute Gasteiger partial charge is 0.494 e. The summed E-state index contributed by atoms with van der Waals surface area (Å²) >= 11 is 0. The molecular weight excluding hydrogens is 444 g/mol. The zero-order chi connectivity index (χ0) is 23.8. The highest BCUT2D eigenvalue weighted by molar-refractivity contribution is 7.89. The molecule has 0 aromatic heterocycles. The predicted octanol–water partition coefficient (Wildman–Crippen LogP) is 1.85. The van der Waals surface area contributed by atoms with E-state index in [1.165, 1.54) is 4.31 Å². The zero-order valence-electron chi connectivity index (χ0n) is 20.0. The average molecular weight is 483 g/mol. The summed E-state index contributed by atoms with van der Waals surface area (Å²) in [4.78, 5) is 17.1. The molecule has 1 aromatic rings. The number of urea groups is 1. The second-order valence-electron chi connectivity index (χ2n) is 8.91. The number of amides is 2. The lowest BCUT2D eigenvalue weighted by Crippen LogP contribution is -2.55. The van der Waals surface area contributed by atoms with Gasteiger partial charge in [-0.1, -0.05) is 13.8 Å². The number of ether oxygens (including phenoxy) is 2. The predicted molar refractivity (Wildman–Crippen MR) is 127 cm³/mol. The first-order chi connectivity index (χ1) is 15.8. The number of carbonyl (C=O) groups is 1. The molecule has 2 aliphatic heterocycles. The highest BCUT2D eigenvalue weighted by atomic mass is 32.2. The van der Waals surface area contributed by atoms with Crippen LogP contribution in [0.3, 0.4) is 0 Å². The van der Waals surface area contributed by atoms with Gasteiger partial charge in [-0.3, -0.25) is 4.90 Å². The van der Waals surface area contributed by atoms with E-state index in [9.17, 15) is 13.2 Å². The van der Waals surface area contributed by atoms with E-state index in [-0.39, 0.29) is 30.1 Å². The van der Waals surface area contributed by atoms with Crippen molar-refractivity contribution >= 4 is 16.1 Å². The molecule has 2 heterocycles. The number of nitrogens with one attached hydrogen (secondary N) is 1. The molecular formula is C23H38N4O5S. The maximum atomic E-state index is 13.0. The van der Waals surface area contributed by atoms with Crippen LogP contribution >= 0.6 is 0 Å². The standard InChI is InChI=1S/C23H38N4O5S/c1-4-32-21-5-7-22(8-6-21)33(29,30)27-11-9-26(10-12-27)23(28)24-18-20(17-19(2)3)25-13-15-31-16-14-25/h5-8,19-20H,4,9-18H2,1-3H3,(H,24,28). The van der Waals surface area contributed by atoms with Gasteiger partial charge in [0.1, 0.15) is 5.75 Å². The maximum Gasteiger partial charge on any atom is 0.317 e. The summed E-state index contributed by atoms with van der Waals surface area (Å²) in [7, 11) is -3.60. The summed E-state index contributed by atoms with van der Waals surface area (Å²) in [6.45, 7) is 11.9. The number of hydrogen-bond acceptors (Lipinski definition) is 6. The third-order valence-corrected chi connectivity index (χ3v) is 8.01. The Hall–Kier alpha value is -1.88. The van der Waals surface area contributed by atoms with Crippen molar-refractivity contribution in [2.45, 2.75) is 38.1 Å². The van der Waals surface area contributed by atoms with E-state index in [2.05, 4.69) is 24.1 Å². The number of hydrogen-bond donors (Lipinski definition) is 1. The Bertz CT molecular complexity index is 848. The molecule has 33 heavy (non-hydrogen) atoms. The fraction of sp³-hybridized carbons (Fsp3) is 0.696. The number of piperazine rings is 1. The number of rotatable bonds is 9. The lowest BCUT2D eigenvalue weighted by Gasteiger charge is -2.37. The van der Waals surface area contributed by atoms with Gasteiger partial charge in [-0.2, -0.15) is 4.31 Å². The number of morpholine rings is 1. The van der Waals surface area contributed by atoms with Crippen molar-refractivity contribution in [2.24, 2.45) is 5.92 Å². The first kappa shape index (κ1) is 25.7. The SMILES string of the molecule is CCOc1ccc(S(=O)(=O)N2CCN(C(=O)NCC(CC(C)C)N3CCOCC3)CC2)cc1. The maximum absolute atomic E-state index is 13.0. The van der Waals surface area contributed by atoms with Crippen LogP contribution in [0.15, 0.2) is 29.2 Å². The normalized spacial score (nSPS) is 19.5. The highest BCUT2D eigenvalue weighted by Crippen LogP contribution is 2.21. The molecule has 2 amide bonds. The summed E-state index contributed by atoms with van der Waals surface area (Å²) in [5.74, 6) is 1.18.